The molecule has 168 valence electrons. The van der Waals surface area contributed by atoms with Crippen LogP contribution in [0.25, 0.3) is 16.9 Å². The molecule has 0 spiro atoms. The van der Waals surface area contributed by atoms with E-state index >= 15 is 0 Å². The smallest absolute Gasteiger partial charge is 0.254 e. The Kier molecular flexibility index (Phi) is 4.81. The standard InChI is InChI=1S/C23H28N6O3/c1-13-10-25-21-17(19(24)31)18(27-29(21)11-13)16-8-15-9-23(2,3)32-22(15)26-20(16)28-6-4-14(12-30)5-7-28/h8,10-11,14,30H,4-7,9,12H2,1-3H3,(H2,24,31). The largest absolute Gasteiger partial charge is 0.471 e. The maximum absolute atomic E-state index is 12.5. The molecule has 32 heavy (non-hydrogen) atoms. The first kappa shape index (κ1) is 20.7. The first-order valence-electron chi connectivity index (χ1n) is 11.0. The normalized spacial score (nSPS) is 18.1. The lowest BCUT2D eigenvalue weighted by Crippen LogP contribution is -2.35. The third-order valence-electron chi connectivity index (χ3n) is 6.31. The van der Waals surface area contributed by atoms with Gasteiger partial charge in [0.05, 0.1) is 0 Å². The van der Waals surface area contributed by atoms with Crippen molar-refractivity contribution in [2.45, 2.75) is 45.6 Å². The lowest BCUT2D eigenvalue weighted by molar-refractivity contribution is 0.100. The van der Waals surface area contributed by atoms with Crippen molar-refractivity contribution in [3.8, 4) is 17.1 Å². The number of hydrogen-bond donors (Lipinski definition) is 2. The summed E-state index contributed by atoms with van der Waals surface area (Å²) in [5.74, 6) is 1.06. The molecule has 0 unspecified atom stereocenters. The lowest BCUT2D eigenvalue weighted by atomic mass is 9.96. The number of pyridine rings is 1. The second-order valence-corrected chi connectivity index (χ2v) is 9.46. The summed E-state index contributed by atoms with van der Waals surface area (Å²) in [6.07, 6.45) is 5.99. The van der Waals surface area contributed by atoms with Gasteiger partial charge in [-0.2, -0.15) is 10.1 Å². The fraction of sp³-hybridized carbons (Fsp3) is 0.478. The number of fused-ring (bicyclic) bond motifs is 2. The van der Waals surface area contributed by atoms with E-state index in [-0.39, 0.29) is 17.8 Å². The number of nitrogens with two attached hydrogens (primary N) is 1. The van der Waals surface area contributed by atoms with E-state index in [0.29, 0.717) is 29.6 Å². The van der Waals surface area contributed by atoms with E-state index in [1.807, 2.05) is 33.0 Å². The maximum Gasteiger partial charge on any atom is 0.254 e. The summed E-state index contributed by atoms with van der Waals surface area (Å²) in [4.78, 5) is 24.0. The number of aryl methyl sites for hydroxylation is 1. The van der Waals surface area contributed by atoms with Gasteiger partial charge >= 0.3 is 0 Å². The summed E-state index contributed by atoms with van der Waals surface area (Å²) < 4.78 is 7.72. The van der Waals surface area contributed by atoms with Gasteiger partial charge in [-0.15, -0.1) is 0 Å². The van der Waals surface area contributed by atoms with Crippen molar-refractivity contribution >= 4 is 17.4 Å². The number of aliphatic hydroxyl groups excluding tert-OH is 1. The van der Waals surface area contributed by atoms with Crippen LogP contribution in [0.3, 0.4) is 0 Å². The van der Waals surface area contributed by atoms with E-state index in [1.165, 1.54) is 0 Å². The average molecular weight is 437 g/mol. The summed E-state index contributed by atoms with van der Waals surface area (Å²) in [7, 11) is 0. The number of aromatic nitrogens is 4. The molecule has 9 heteroatoms. The molecule has 3 aromatic heterocycles. The topological polar surface area (TPSA) is 119 Å². The number of nitrogens with zero attached hydrogens (tertiary/aromatic N) is 5. The summed E-state index contributed by atoms with van der Waals surface area (Å²) in [6, 6.07) is 2.03. The highest BCUT2D eigenvalue weighted by atomic mass is 16.5. The first-order chi connectivity index (χ1) is 15.3. The molecular weight excluding hydrogens is 408 g/mol. The van der Waals surface area contributed by atoms with Crippen molar-refractivity contribution in [2.24, 2.45) is 11.7 Å². The van der Waals surface area contributed by atoms with Crippen molar-refractivity contribution < 1.29 is 14.6 Å². The van der Waals surface area contributed by atoms with Gasteiger partial charge < -0.3 is 20.5 Å². The Morgan fingerprint density at radius 2 is 2.09 bits per heavy atom. The molecule has 5 heterocycles. The van der Waals surface area contributed by atoms with Crippen molar-refractivity contribution in [1.82, 2.24) is 19.6 Å². The quantitative estimate of drug-likeness (QED) is 0.643. The fourth-order valence-corrected chi connectivity index (χ4v) is 4.69. The molecule has 1 amide bonds. The molecule has 2 aliphatic heterocycles. The number of anilines is 1. The van der Waals surface area contributed by atoms with Crippen LogP contribution in [0.4, 0.5) is 5.82 Å². The molecule has 2 aliphatic rings. The van der Waals surface area contributed by atoms with Crippen LogP contribution in [0.1, 0.15) is 48.2 Å². The second kappa shape index (κ2) is 7.44. The fourth-order valence-electron chi connectivity index (χ4n) is 4.69. The Bertz CT molecular complexity index is 1210. The number of ether oxygens (including phenoxy) is 1. The third kappa shape index (κ3) is 3.46. The van der Waals surface area contributed by atoms with Crippen molar-refractivity contribution in [1.29, 1.82) is 0 Å². The molecule has 5 rings (SSSR count). The Morgan fingerprint density at radius 3 is 2.78 bits per heavy atom. The van der Waals surface area contributed by atoms with Crippen LogP contribution in [0.15, 0.2) is 18.5 Å². The molecule has 3 N–H and O–H groups in total. The maximum atomic E-state index is 12.5. The minimum Gasteiger partial charge on any atom is -0.471 e. The minimum atomic E-state index is -0.576. The van der Waals surface area contributed by atoms with Crippen LogP contribution in [0.5, 0.6) is 5.88 Å². The molecular formula is C23H28N6O3. The minimum absolute atomic E-state index is 0.193. The molecule has 0 saturated carbocycles. The van der Waals surface area contributed by atoms with E-state index < -0.39 is 5.91 Å². The zero-order valence-electron chi connectivity index (χ0n) is 18.6. The predicted molar refractivity (Wildman–Crippen MR) is 120 cm³/mol. The molecule has 0 radical (unpaired) electrons. The zero-order valence-corrected chi connectivity index (χ0v) is 18.6. The number of primary amides is 1. The van der Waals surface area contributed by atoms with Crippen molar-refractivity contribution in [2.75, 3.05) is 24.6 Å². The highest BCUT2D eigenvalue weighted by molar-refractivity contribution is 6.05. The Balaban J connectivity index is 1.70. The predicted octanol–water partition coefficient (Wildman–Crippen LogP) is 2.12. The number of aliphatic hydroxyl groups is 1. The summed E-state index contributed by atoms with van der Waals surface area (Å²) in [5.41, 5.74) is 9.32. The van der Waals surface area contributed by atoms with E-state index in [9.17, 15) is 9.90 Å². The van der Waals surface area contributed by atoms with Crippen LogP contribution >= 0.6 is 0 Å². The first-order valence-corrected chi connectivity index (χ1v) is 11.0. The summed E-state index contributed by atoms with van der Waals surface area (Å²) >= 11 is 0. The molecule has 0 aromatic carbocycles. The average Bonchev–Trinajstić information content (AvgIpc) is 3.27. The van der Waals surface area contributed by atoms with Gasteiger partial charge in [0, 0.05) is 49.6 Å². The molecule has 0 atom stereocenters. The van der Waals surface area contributed by atoms with E-state index in [1.54, 1.807) is 10.7 Å². The highest BCUT2D eigenvalue weighted by Gasteiger charge is 2.35. The lowest BCUT2D eigenvalue weighted by Gasteiger charge is -2.33. The van der Waals surface area contributed by atoms with E-state index in [4.69, 9.17) is 20.6 Å². The monoisotopic (exact) mass is 436 g/mol. The summed E-state index contributed by atoms with van der Waals surface area (Å²) in [5, 5.41) is 14.3. The molecule has 0 bridgehead atoms. The molecule has 1 fully saturated rings. The SMILES string of the molecule is Cc1cnc2c(C(N)=O)c(-c3cc4c(nc3N3CCC(CO)CC3)OC(C)(C)C4)nn2c1. The third-order valence-corrected chi connectivity index (χ3v) is 6.31. The van der Waals surface area contributed by atoms with E-state index in [2.05, 4.69) is 9.88 Å². The van der Waals surface area contributed by atoms with Gasteiger partial charge in [-0.3, -0.25) is 4.79 Å². The van der Waals surface area contributed by atoms with Crippen molar-refractivity contribution in [3.05, 3.63) is 35.2 Å². The second-order valence-electron chi connectivity index (χ2n) is 9.46. The summed E-state index contributed by atoms with van der Waals surface area (Å²) in [6.45, 7) is 7.69. The van der Waals surface area contributed by atoms with Crippen LogP contribution in [0, 0.1) is 12.8 Å². The van der Waals surface area contributed by atoms with Gasteiger partial charge in [0.25, 0.3) is 5.91 Å². The number of hydrogen-bond acceptors (Lipinski definition) is 7. The number of carbonyl (C=O) groups excluding carboxylic acids is 1. The Hall–Kier alpha value is -3.20. The van der Waals surface area contributed by atoms with Crippen LogP contribution in [0.2, 0.25) is 0 Å². The van der Waals surface area contributed by atoms with Gasteiger partial charge in [0.1, 0.15) is 22.7 Å². The number of amides is 1. The number of rotatable bonds is 4. The Morgan fingerprint density at radius 1 is 1.34 bits per heavy atom. The highest BCUT2D eigenvalue weighted by Crippen LogP contribution is 2.42. The number of piperidine rings is 1. The van der Waals surface area contributed by atoms with Crippen LogP contribution in [-0.4, -0.2) is 55.9 Å². The zero-order chi connectivity index (χ0) is 22.6. The van der Waals surface area contributed by atoms with E-state index in [0.717, 1.165) is 48.4 Å². The van der Waals surface area contributed by atoms with Gasteiger partial charge in [0.15, 0.2) is 5.65 Å². The van der Waals surface area contributed by atoms with Gasteiger partial charge in [-0.05, 0) is 51.2 Å². The van der Waals surface area contributed by atoms with Crippen LogP contribution in [-0.2, 0) is 6.42 Å². The van der Waals surface area contributed by atoms with Crippen LogP contribution < -0.4 is 15.4 Å². The number of carbonyl (C=O) groups is 1. The Labute approximate surface area is 186 Å². The van der Waals surface area contributed by atoms with Gasteiger partial charge in [-0.1, -0.05) is 0 Å². The molecule has 0 aliphatic carbocycles. The molecule has 1 saturated heterocycles. The van der Waals surface area contributed by atoms with Crippen molar-refractivity contribution in [3.63, 3.8) is 0 Å². The molecule has 9 nitrogen and oxygen atoms in total. The molecule has 3 aromatic rings. The van der Waals surface area contributed by atoms with Gasteiger partial charge in [0.2, 0.25) is 5.88 Å². The van der Waals surface area contributed by atoms with Gasteiger partial charge in [-0.25, -0.2) is 9.50 Å².